The van der Waals surface area contributed by atoms with Crippen LogP contribution in [0.5, 0.6) is 0 Å². The van der Waals surface area contributed by atoms with E-state index in [9.17, 15) is 0 Å². The van der Waals surface area contributed by atoms with Crippen LogP contribution < -0.4 is 15.7 Å². The van der Waals surface area contributed by atoms with Crippen LogP contribution in [0.15, 0.2) is 146 Å². The number of fused-ring (bicyclic) bond motifs is 18. The highest BCUT2D eigenvalue weighted by atomic mass is 32.1. The first kappa shape index (κ1) is 35.3. The Morgan fingerprint density at radius 3 is 2.02 bits per heavy atom. The zero-order chi connectivity index (χ0) is 41.8. The lowest BCUT2D eigenvalue weighted by Crippen LogP contribution is -2.60. The van der Waals surface area contributed by atoms with Gasteiger partial charge in [-0.15, -0.1) is 11.3 Å². The SMILES string of the molecule is CC(C)(C)c1ccc(N2B3c4cc5c(cc4-n4c6ccc7c(c6c6ccc(c3c64)-c3cc4c(cc32)sc2ccccc24)-c2ccccc2C7(C)C)-c2ccccc2C5(C)C)cc1. The van der Waals surface area contributed by atoms with Gasteiger partial charge in [-0.25, -0.2) is 0 Å². The number of hydrogen-bond donors (Lipinski definition) is 0. The molecule has 0 saturated carbocycles. The molecule has 296 valence electrons. The fraction of sp³-hybridized carbons (Fsp3) is 0.172. The molecular weight excluding hydrogens is 768 g/mol. The Balaban J connectivity index is 1.17. The summed E-state index contributed by atoms with van der Waals surface area (Å²) in [7, 11) is 0. The molecule has 2 aliphatic carbocycles. The van der Waals surface area contributed by atoms with Crippen molar-refractivity contribution < 1.29 is 0 Å². The molecular formula is C58H45BN2S. The second kappa shape index (κ2) is 11.4. The Kier molecular flexibility index (Phi) is 6.46. The molecule has 0 saturated heterocycles. The molecule has 0 bridgehead atoms. The topological polar surface area (TPSA) is 8.17 Å². The Hall–Kier alpha value is -6.36. The summed E-state index contributed by atoms with van der Waals surface area (Å²) < 4.78 is 5.35. The summed E-state index contributed by atoms with van der Waals surface area (Å²) >= 11 is 1.91. The first-order valence-electron chi connectivity index (χ1n) is 22.3. The van der Waals surface area contributed by atoms with Crippen LogP contribution in [0.3, 0.4) is 0 Å². The van der Waals surface area contributed by atoms with E-state index in [4.69, 9.17) is 0 Å². The van der Waals surface area contributed by atoms with E-state index in [0.29, 0.717) is 0 Å². The maximum atomic E-state index is 2.72. The Labute approximate surface area is 367 Å². The van der Waals surface area contributed by atoms with Crippen molar-refractivity contribution in [3.8, 4) is 39.1 Å². The molecule has 10 aromatic rings. The normalized spacial score (nSPS) is 15.9. The standard InChI is InChI=1S/C58H45BN2S/c1-56(2,3)32-20-22-33(23-21-32)61-48-31-51-41(35-15-10-13-19-50(35)62-51)28-40(48)36-24-25-38-53-47(27-26-44-52(53)37-16-9-12-18-43(37)57(44,4)5)60-49-29-39-34-14-8-11-17-42(34)58(6,7)45(39)30-46(49)59(61)54(36)55(38)60/h8-31H,1-7H3. The van der Waals surface area contributed by atoms with E-state index in [-0.39, 0.29) is 23.1 Å². The Morgan fingerprint density at radius 1 is 0.516 bits per heavy atom. The van der Waals surface area contributed by atoms with Crippen LogP contribution in [0.25, 0.3) is 81.0 Å². The van der Waals surface area contributed by atoms with Crippen LogP contribution in [-0.2, 0) is 16.2 Å². The summed E-state index contributed by atoms with van der Waals surface area (Å²) in [6, 6.07) is 56.8. The molecule has 0 amide bonds. The molecule has 0 unspecified atom stereocenters. The van der Waals surface area contributed by atoms with E-state index in [1.165, 1.54) is 131 Å². The van der Waals surface area contributed by atoms with Crippen molar-refractivity contribution >= 4 is 82.5 Å². The van der Waals surface area contributed by atoms with Gasteiger partial charge in [-0.05, 0) is 114 Å². The second-order valence-corrected chi connectivity index (χ2v) is 21.6. The van der Waals surface area contributed by atoms with Gasteiger partial charge in [-0.3, -0.25) is 0 Å². The smallest absolute Gasteiger partial charge is 0.333 e. The van der Waals surface area contributed by atoms with Gasteiger partial charge in [-0.1, -0.05) is 152 Å². The van der Waals surface area contributed by atoms with Crippen molar-refractivity contribution in [3.63, 3.8) is 0 Å². The molecule has 4 aliphatic rings. The number of benzene rings is 8. The average Bonchev–Trinajstić information content (AvgIpc) is 3.95. The highest BCUT2D eigenvalue weighted by Crippen LogP contribution is 2.56. The van der Waals surface area contributed by atoms with Crippen LogP contribution in [0.2, 0.25) is 0 Å². The van der Waals surface area contributed by atoms with Crippen molar-refractivity contribution in [1.29, 1.82) is 0 Å². The lowest BCUT2D eigenvalue weighted by atomic mass is 9.43. The van der Waals surface area contributed by atoms with E-state index in [2.05, 4.69) is 203 Å². The Morgan fingerprint density at radius 2 is 1.23 bits per heavy atom. The van der Waals surface area contributed by atoms with E-state index >= 15 is 0 Å². The fourth-order valence-corrected chi connectivity index (χ4v) is 13.6. The largest absolute Gasteiger partial charge is 0.376 e. The van der Waals surface area contributed by atoms with Gasteiger partial charge >= 0.3 is 6.85 Å². The van der Waals surface area contributed by atoms with Gasteiger partial charge in [0.1, 0.15) is 0 Å². The number of rotatable bonds is 1. The molecule has 0 radical (unpaired) electrons. The van der Waals surface area contributed by atoms with Crippen LogP contribution in [-0.4, -0.2) is 11.4 Å². The van der Waals surface area contributed by atoms with Gasteiger partial charge in [0.15, 0.2) is 0 Å². The van der Waals surface area contributed by atoms with Gasteiger partial charge in [0.05, 0.1) is 11.0 Å². The highest BCUT2D eigenvalue weighted by Gasteiger charge is 2.47. The zero-order valence-electron chi connectivity index (χ0n) is 36.2. The number of hydrogen-bond acceptors (Lipinski definition) is 2. The van der Waals surface area contributed by atoms with Crippen molar-refractivity contribution in [3.05, 3.63) is 173 Å². The number of aromatic nitrogens is 1. The van der Waals surface area contributed by atoms with Crippen LogP contribution in [0.4, 0.5) is 11.4 Å². The maximum absolute atomic E-state index is 2.72. The summed E-state index contributed by atoms with van der Waals surface area (Å²) in [5.41, 5.74) is 24.1. The van der Waals surface area contributed by atoms with Crippen LogP contribution in [0, 0.1) is 0 Å². The van der Waals surface area contributed by atoms with Gasteiger partial charge in [0, 0.05) is 64.4 Å². The summed E-state index contributed by atoms with van der Waals surface area (Å²) in [5, 5.41) is 5.39. The fourth-order valence-electron chi connectivity index (χ4n) is 12.5. The maximum Gasteiger partial charge on any atom is 0.333 e. The first-order valence-corrected chi connectivity index (χ1v) is 23.1. The summed E-state index contributed by atoms with van der Waals surface area (Å²) in [6.07, 6.45) is 0. The minimum atomic E-state index is -0.139. The molecule has 14 rings (SSSR count). The van der Waals surface area contributed by atoms with Crippen molar-refractivity contribution in [1.82, 2.24) is 4.57 Å². The third-order valence-corrected chi connectivity index (χ3v) is 16.7. The average molecular weight is 813 g/mol. The molecule has 4 heterocycles. The third kappa shape index (κ3) is 4.18. The summed E-state index contributed by atoms with van der Waals surface area (Å²) in [4.78, 5) is 2.72. The van der Waals surface area contributed by atoms with Gasteiger partial charge in [0.25, 0.3) is 0 Å². The third-order valence-electron chi connectivity index (χ3n) is 15.5. The highest BCUT2D eigenvalue weighted by molar-refractivity contribution is 7.25. The predicted octanol–water partition coefficient (Wildman–Crippen LogP) is 14.3. The van der Waals surface area contributed by atoms with Gasteiger partial charge < -0.3 is 9.38 Å². The van der Waals surface area contributed by atoms with Gasteiger partial charge in [0.2, 0.25) is 0 Å². The molecule has 8 aromatic carbocycles. The minimum absolute atomic E-state index is 0.0489. The number of anilines is 2. The molecule has 0 spiro atoms. The van der Waals surface area contributed by atoms with E-state index in [1.807, 2.05) is 11.3 Å². The van der Waals surface area contributed by atoms with Crippen molar-refractivity contribution in [2.75, 3.05) is 4.81 Å². The predicted molar refractivity (Wildman–Crippen MR) is 267 cm³/mol. The van der Waals surface area contributed by atoms with E-state index in [0.717, 1.165) is 0 Å². The number of nitrogens with zero attached hydrogens (tertiary/aromatic N) is 2. The molecule has 0 N–H and O–H groups in total. The number of thiophene rings is 1. The molecule has 0 fully saturated rings. The van der Waals surface area contributed by atoms with E-state index in [1.54, 1.807) is 0 Å². The lowest BCUT2D eigenvalue weighted by molar-refractivity contribution is 0.590. The van der Waals surface area contributed by atoms with Gasteiger partial charge in [-0.2, -0.15) is 0 Å². The minimum Gasteiger partial charge on any atom is -0.376 e. The summed E-state index contributed by atoms with van der Waals surface area (Å²) in [5.74, 6) is 0. The molecule has 2 aliphatic heterocycles. The zero-order valence-corrected chi connectivity index (χ0v) is 37.1. The van der Waals surface area contributed by atoms with Crippen LogP contribution in [0.1, 0.15) is 76.3 Å². The molecule has 2 nitrogen and oxygen atoms in total. The molecule has 0 atom stereocenters. The second-order valence-electron chi connectivity index (χ2n) is 20.5. The Bertz CT molecular complexity index is 3680. The molecule has 4 heteroatoms. The van der Waals surface area contributed by atoms with Crippen LogP contribution >= 0.6 is 11.3 Å². The molecule has 2 aromatic heterocycles. The summed E-state index contributed by atoms with van der Waals surface area (Å²) in [6.45, 7) is 16.6. The van der Waals surface area contributed by atoms with Crippen molar-refractivity contribution in [2.45, 2.75) is 64.7 Å². The quantitative estimate of drug-likeness (QED) is 0.150. The monoisotopic (exact) mass is 812 g/mol. The van der Waals surface area contributed by atoms with E-state index < -0.39 is 0 Å². The lowest BCUT2D eigenvalue weighted by Gasteiger charge is -2.42. The van der Waals surface area contributed by atoms with Crippen molar-refractivity contribution in [2.24, 2.45) is 0 Å². The first-order chi connectivity index (χ1) is 29.9. The molecule has 62 heavy (non-hydrogen) atoms.